The van der Waals surface area contributed by atoms with Gasteiger partial charge in [0.05, 0.1) is 12.0 Å². The highest BCUT2D eigenvalue weighted by molar-refractivity contribution is 5.22. The summed E-state index contributed by atoms with van der Waals surface area (Å²) < 4.78 is 0. The summed E-state index contributed by atoms with van der Waals surface area (Å²) in [7, 11) is 0. The molecule has 2 rings (SSSR count). The zero-order chi connectivity index (χ0) is 12.4. The molecule has 0 bridgehead atoms. The standard InChI is InChI=1S/C12H15NO4/c14-9-6-10(8-4-2-1-3-5-8)12(13(16)17)11(15)7-9/h1-5,9-12,14-15H,6-7H2. The lowest BCUT2D eigenvalue weighted by molar-refractivity contribution is -0.542. The number of benzene rings is 1. The molecule has 0 radical (unpaired) electrons. The van der Waals surface area contributed by atoms with Gasteiger partial charge in [-0.25, -0.2) is 0 Å². The van der Waals surface area contributed by atoms with Gasteiger partial charge in [0.15, 0.2) is 0 Å². The molecule has 1 fully saturated rings. The lowest BCUT2D eigenvalue weighted by Crippen LogP contribution is -2.46. The van der Waals surface area contributed by atoms with Crippen molar-refractivity contribution < 1.29 is 15.1 Å². The Morgan fingerprint density at radius 1 is 1.18 bits per heavy atom. The Kier molecular flexibility index (Phi) is 3.40. The van der Waals surface area contributed by atoms with Crippen LogP contribution in [0, 0.1) is 10.1 Å². The van der Waals surface area contributed by atoms with Gasteiger partial charge in [0.2, 0.25) is 6.04 Å². The number of hydrogen-bond acceptors (Lipinski definition) is 4. The van der Waals surface area contributed by atoms with Crippen LogP contribution in [-0.2, 0) is 0 Å². The molecule has 2 N–H and O–H groups in total. The summed E-state index contributed by atoms with van der Waals surface area (Å²) in [6, 6.07) is 8.01. The van der Waals surface area contributed by atoms with Crippen molar-refractivity contribution in [1.82, 2.24) is 0 Å². The van der Waals surface area contributed by atoms with Crippen LogP contribution in [0.5, 0.6) is 0 Å². The smallest absolute Gasteiger partial charge is 0.245 e. The summed E-state index contributed by atoms with van der Waals surface area (Å²) in [5, 5.41) is 30.4. The molecule has 0 amide bonds. The van der Waals surface area contributed by atoms with Crippen LogP contribution in [0.2, 0.25) is 0 Å². The van der Waals surface area contributed by atoms with E-state index in [9.17, 15) is 20.3 Å². The summed E-state index contributed by atoms with van der Waals surface area (Å²) in [6.07, 6.45) is -1.35. The zero-order valence-corrected chi connectivity index (χ0v) is 9.27. The molecule has 0 aromatic heterocycles. The Labute approximate surface area is 98.9 Å². The quantitative estimate of drug-likeness (QED) is 0.592. The number of hydrogen-bond donors (Lipinski definition) is 2. The molecule has 0 saturated heterocycles. The molecule has 1 aliphatic rings. The van der Waals surface area contributed by atoms with Gasteiger partial charge in [0.1, 0.15) is 6.10 Å². The molecular weight excluding hydrogens is 222 g/mol. The second-order valence-electron chi connectivity index (χ2n) is 4.49. The van der Waals surface area contributed by atoms with E-state index >= 15 is 0 Å². The highest BCUT2D eigenvalue weighted by Gasteiger charge is 2.44. The Hall–Kier alpha value is -1.46. The molecular formula is C12H15NO4. The summed E-state index contributed by atoms with van der Waals surface area (Å²) in [4.78, 5) is 10.6. The zero-order valence-electron chi connectivity index (χ0n) is 9.27. The van der Waals surface area contributed by atoms with E-state index in [-0.39, 0.29) is 6.42 Å². The number of nitrogens with zero attached hydrogens (tertiary/aromatic N) is 1. The van der Waals surface area contributed by atoms with Gasteiger partial charge in [-0.3, -0.25) is 10.1 Å². The Balaban J connectivity index is 2.31. The van der Waals surface area contributed by atoms with Crippen molar-refractivity contribution in [2.75, 3.05) is 0 Å². The lowest BCUT2D eigenvalue weighted by atomic mass is 9.77. The van der Waals surface area contributed by atoms with Crippen LogP contribution in [0.1, 0.15) is 24.3 Å². The maximum absolute atomic E-state index is 11.0. The summed E-state index contributed by atoms with van der Waals surface area (Å²) in [6.45, 7) is 0. The third-order valence-corrected chi connectivity index (χ3v) is 3.32. The van der Waals surface area contributed by atoms with E-state index in [0.29, 0.717) is 6.42 Å². The van der Waals surface area contributed by atoms with Crippen molar-refractivity contribution in [2.24, 2.45) is 0 Å². The molecule has 5 heteroatoms. The first-order valence-electron chi connectivity index (χ1n) is 5.64. The van der Waals surface area contributed by atoms with Gasteiger partial charge in [-0.1, -0.05) is 30.3 Å². The SMILES string of the molecule is O=[N+]([O-])C1C(O)CC(O)CC1c1ccccc1. The van der Waals surface area contributed by atoms with Crippen LogP contribution in [0.3, 0.4) is 0 Å². The van der Waals surface area contributed by atoms with E-state index in [1.54, 1.807) is 24.3 Å². The van der Waals surface area contributed by atoms with Gasteiger partial charge in [0.25, 0.3) is 0 Å². The van der Waals surface area contributed by atoms with Crippen molar-refractivity contribution in [3.63, 3.8) is 0 Å². The monoisotopic (exact) mass is 237 g/mol. The van der Waals surface area contributed by atoms with Crippen molar-refractivity contribution in [1.29, 1.82) is 0 Å². The molecule has 1 aromatic carbocycles. The minimum atomic E-state index is -1.08. The normalized spacial score (nSPS) is 33.3. The van der Waals surface area contributed by atoms with Crippen molar-refractivity contribution in [3.8, 4) is 0 Å². The maximum atomic E-state index is 11.0. The molecule has 4 atom stereocenters. The first kappa shape index (κ1) is 12.0. The molecule has 17 heavy (non-hydrogen) atoms. The maximum Gasteiger partial charge on any atom is 0.245 e. The topological polar surface area (TPSA) is 83.6 Å². The highest BCUT2D eigenvalue weighted by atomic mass is 16.6. The van der Waals surface area contributed by atoms with E-state index in [1.807, 2.05) is 6.07 Å². The van der Waals surface area contributed by atoms with E-state index in [4.69, 9.17) is 0 Å². The summed E-state index contributed by atoms with van der Waals surface area (Å²) >= 11 is 0. The van der Waals surface area contributed by atoms with Crippen molar-refractivity contribution in [3.05, 3.63) is 46.0 Å². The third-order valence-electron chi connectivity index (χ3n) is 3.32. The Morgan fingerprint density at radius 2 is 1.82 bits per heavy atom. The number of rotatable bonds is 2. The highest BCUT2D eigenvalue weighted by Crippen LogP contribution is 2.34. The van der Waals surface area contributed by atoms with Crippen LogP contribution >= 0.6 is 0 Å². The first-order chi connectivity index (χ1) is 8.09. The molecule has 0 heterocycles. The molecule has 5 nitrogen and oxygen atoms in total. The Bertz CT molecular complexity index is 395. The fourth-order valence-corrected chi connectivity index (χ4v) is 2.54. The lowest BCUT2D eigenvalue weighted by Gasteiger charge is -2.32. The third kappa shape index (κ3) is 2.45. The van der Waals surface area contributed by atoms with Gasteiger partial charge in [-0.15, -0.1) is 0 Å². The van der Waals surface area contributed by atoms with Crippen LogP contribution in [-0.4, -0.2) is 33.4 Å². The van der Waals surface area contributed by atoms with Gasteiger partial charge < -0.3 is 10.2 Å². The Morgan fingerprint density at radius 3 is 2.41 bits per heavy atom. The molecule has 92 valence electrons. The predicted octanol–water partition coefficient (Wildman–Crippen LogP) is 0.931. The average molecular weight is 237 g/mol. The summed E-state index contributed by atoms with van der Waals surface area (Å²) in [5.74, 6) is -0.426. The van der Waals surface area contributed by atoms with Gasteiger partial charge in [-0.2, -0.15) is 0 Å². The molecule has 1 aliphatic carbocycles. The van der Waals surface area contributed by atoms with E-state index in [1.165, 1.54) is 0 Å². The van der Waals surface area contributed by atoms with Crippen molar-refractivity contribution >= 4 is 0 Å². The first-order valence-corrected chi connectivity index (χ1v) is 5.64. The van der Waals surface area contributed by atoms with Gasteiger partial charge >= 0.3 is 0 Å². The average Bonchev–Trinajstić information content (AvgIpc) is 2.28. The molecule has 4 unspecified atom stereocenters. The second kappa shape index (κ2) is 4.81. The van der Waals surface area contributed by atoms with Crippen LogP contribution < -0.4 is 0 Å². The van der Waals surface area contributed by atoms with E-state index < -0.39 is 29.1 Å². The molecule has 0 spiro atoms. The minimum absolute atomic E-state index is 0.0784. The summed E-state index contributed by atoms with van der Waals surface area (Å²) in [5.41, 5.74) is 0.798. The number of aliphatic hydroxyl groups excluding tert-OH is 2. The van der Waals surface area contributed by atoms with Crippen molar-refractivity contribution in [2.45, 2.75) is 37.0 Å². The van der Waals surface area contributed by atoms with E-state index in [0.717, 1.165) is 5.56 Å². The van der Waals surface area contributed by atoms with Crippen LogP contribution in [0.4, 0.5) is 0 Å². The van der Waals surface area contributed by atoms with E-state index in [2.05, 4.69) is 0 Å². The minimum Gasteiger partial charge on any atom is -0.393 e. The largest absolute Gasteiger partial charge is 0.393 e. The van der Waals surface area contributed by atoms with Gasteiger partial charge in [-0.05, 0) is 12.0 Å². The number of aliphatic hydroxyl groups is 2. The predicted molar refractivity (Wildman–Crippen MR) is 61.2 cm³/mol. The van der Waals surface area contributed by atoms with Crippen LogP contribution in [0.25, 0.3) is 0 Å². The van der Waals surface area contributed by atoms with Crippen LogP contribution in [0.15, 0.2) is 30.3 Å². The fraction of sp³-hybridized carbons (Fsp3) is 0.500. The number of nitro groups is 1. The molecule has 0 aliphatic heterocycles. The molecule has 1 saturated carbocycles. The van der Waals surface area contributed by atoms with Gasteiger partial charge in [0, 0.05) is 11.3 Å². The molecule has 1 aromatic rings. The second-order valence-corrected chi connectivity index (χ2v) is 4.49. The fourth-order valence-electron chi connectivity index (χ4n) is 2.54.